The summed E-state index contributed by atoms with van der Waals surface area (Å²) >= 11 is 5.74. The van der Waals surface area contributed by atoms with Gasteiger partial charge < -0.3 is 10.1 Å². The Hall–Kier alpha value is -2.81. The Morgan fingerprint density at radius 1 is 1.32 bits per heavy atom. The summed E-state index contributed by atoms with van der Waals surface area (Å²) in [4.78, 5) is 19.9. The molecule has 10 heteroatoms. The summed E-state index contributed by atoms with van der Waals surface area (Å²) < 4.78 is 7.14. The SMILES string of the molecule is CC(C)Oc1ccc2nnc(CCC(=O)Nc3cncc(Cl)n3)n2n1. The highest BCUT2D eigenvalue weighted by Gasteiger charge is 2.12. The fourth-order valence-electron chi connectivity index (χ4n) is 2.11. The van der Waals surface area contributed by atoms with Gasteiger partial charge in [0.1, 0.15) is 5.15 Å². The highest BCUT2D eigenvalue weighted by atomic mass is 35.5. The lowest BCUT2D eigenvalue weighted by molar-refractivity contribution is -0.116. The minimum atomic E-state index is -0.233. The molecule has 0 bridgehead atoms. The average molecular weight is 362 g/mol. The van der Waals surface area contributed by atoms with Crippen LogP contribution in [0.3, 0.4) is 0 Å². The number of anilines is 1. The number of hydrogen-bond acceptors (Lipinski definition) is 7. The highest BCUT2D eigenvalue weighted by Crippen LogP contribution is 2.12. The lowest BCUT2D eigenvalue weighted by atomic mass is 10.3. The predicted octanol–water partition coefficient (Wildman–Crippen LogP) is 1.93. The lowest BCUT2D eigenvalue weighted by Gasteiger charge is -2.08. The molecule has 3 rings (SSSR count). The Labute approximate surface area is 148 Å². The van der Waals surface area contributed by atoms with Crippen molar-refractivity contribution in [2.75, 3.05) is 5.32 Å². The van der Waals surface area contributed by atoms with Crippen LogP contribution in [0.25, 0.3) is 5.65 Å². The number of carbonyl (C=O) groups is 1. The van der Waals surface area contributed by atoms with E-state index in [1.165, 1.54) is 12.4 Å². The third-order valence-electron chi connectivity index (χ3n) is 3.11. The summed E-state index contributed by atoms with van der Waals surface area (Å²) in [6, 6.07) is 3.50. The lowest BCUT2D eigenvalue weighted by Crippen LogP contribution is -2.15. The molecule has 0 aliphatic carbocycles. The Kier molecular flexibility index (Phi) is 5.03. The standard InChI is InChI=1S/C15H16ClN7O2/c1-9(2)25-15-6-4-13-21-20-12(23(13)22-15)3-5-14(24)19-11-8-17-7-10(16)18-11/h4,6-9H,3,5H2,1-2H3,(H,18,19,24). The van der Waals surface area contributed by atoms with Crippen molar-refractivity contribution in [1.82, 2.24) is 29.8 Å². The molecule has 0 unspecified atom stereocenters. The summed E-state index contributed by atoms with van der Waals surface area (Å²) in [5, 5.41) is 15.3. The number of hydrogen-bond donors (Lipinski definition) is 1. The van der Waals surface area contributed by atoms with Gasteiger partial charge in [-0.3, -0.25) is 9.78 Å². The van der Waals surface area contributed by atoms with Crippen LogP contribution in [0.5, 0.6) is 5.88 Å². The van der Waals surface area contributed by atoms with Crippen molar-refractivity contribution in [3.8, 4) is 5.88 Å². The molecule has 3 aromatic heterocycles. The molecular formula is C15H16ClN7O2. The van der Waals surface area contributed by atoms with Gasteiger partial charge in [-0.15, -0.1) is 15.3 Å². The molecule has 0 saturated carbocycles. The third-order valence-corrected chi connectivity index (χ3v) is 3.29. The van der Waals surface area contributed by atoms with Crippen LogP contribution in [-0.4, -0.2) is 41.8 Å². The van der Waals surface area contributed by atoms with Crippen LogP contribution in [0.1, 0.15) is 26.1 Å². The van der Waals surface area contributed by atoms with E-state index < -0.39 is 0 Å². The quantitative estimate of drug-likeness (QED) is 0.714. The zero-order valence-corrected chi connectivity index (χ0v) is 14.4. The molecule has 0 atom stereocenters. The van der Waals surface area contributed by atoms with Crippen LogP contribution < -0.4 is 10.1 Å². The maximum Gasteiger partial charge on any atom is 0.232 e. The van der Waals surface area contributed by atoms with E-state index >= 15 is 0 Å². The molecule has 1 N–H and O–H groups in total. The number of fused-ring (bicyclic) bond motifs is 1. The van der Waals surface area contributed by atoms with Crippen LogP contribution in [0.2, 0.25) is 5.15 Å². The summed E-state index contributed by atoms with van der Waals surface area (Å²) in [6.45, 7) is 3.84. The van der Waals surface area contributed by atoms with E-state index in [4.69, 9.17) is 16.3 Å². The van der Waals surface area contributed by atoms with Crippen molar-refractivity contribution in [2.24, 2.45) is 0 Å². The van der Waals surface area contributed by atoms with E-state index in [2.05, 4.69) is 30.6 Å². The van der Waals surface area contributed by atoms with Crippen LogP contribution in [0, 0.1) is 0 Å². The number of nitrogens with one attached hydrogen (secondary N) is 1. The van der Waals surface area contributed by atoms with Crippen molar-refractivity contribution in [3.05, 3.63) is 35.5 Å². The van der Waals surface area contributed by atoms with Crippen molar-refractivity contribution in [3.63, 3.8) is 0 Å². The van der Waals surface area contributed by atoms with Crippen LogP contribution >= 0.6 is 11.6 Å². The number of ether oxygens (including phenoxy) is 1. The topological polar surface area (TPSA) is 107 Å². The molecule has 0 aliphatic heterocycles. The second-order valence-electron chi connectivity index (χ2n) is 5.50. The molecule has 0 radical (unpaired) electrons. The monoisotopic (exact) mass is 361 g/mol. The number of amides is 1. The van der Waals surface area contributed by atoms with E-state index in [1.54, 1.807) is 16.6 Å². The molecule has 0 saturated heterocycles. The highest BCUT2D eigenvalue weighted by molar-refractivity contribution is 6.29. The fourth-order valence-corrected chi connectivity index (χ4v) is 2.26. The van der Waals surface area contributed by atoms with Gasteiger partial charge in [-0.2, -0.15) is 4.52 Å². The van der Waals surface area contributed by atoms with E-state index in [9.17, 15) is 4.79 Å². The smallest absolute Gasteiger partial charge is 0.232 e. The zero-order chi connectivity index (χ0) is 17.8. The third kappa shape index (κ3) is 4.38. The van der Waals surface area contributed by atoms with Crippen molar-refractivity contribution < 1.29 is 9.53 Å². The molecule has 0 fully saturated rings. The molecule has 130 valence electrons. The van der Waals surface area contributed by atoms with Crippen molar-refractivity contribution in [1.29, 1.82) is 0 Å². The Morgan fingerprint density at radius 3 is 2.92 bits per heavy atom. The van der Waals surface area contributed by atoms with Crippen LogP contribution in [-0.2, 0) is 11.2 Å². The normalized spacial score (nSPS) is 11.0. The maximum atomic E-state index is 12.0. The van der Waals surface area contributed by atoms with Gasteiger partial charge in [0, 0.05) is 18.9 Å². The van der Waals surface area contributed by atoms with E-state index in [1.807, 2.05) is 13.8 Å². The summed E-state index contributed by atoms with van der Waals surface area (Å²) in [7, 11) is 0. The van der Waals surface area contributed by atoms with Gasteiger partial charge in [-0.1, -0.05) is 11.6 Å². The number of aryl methyl sites for hydroxylation is 1. The van der Waals surface area contributed by atoms with Crippen molar-refractivity contribution >= 4 is 29.0 Å². The molecular weight excluding hydrogens is 346 g/mol. The van der Waals surface area contributed by atoms with Gasteiger partial charge in [-0.05, 0) is 19.9 Å². The van der Waals surface area contributed by atoms with E-state index in [0.29, 0.717) is 29.6 Å². The minimum Gasteiger partial charge on any atom is -0.474 e. The second-order valence-corrected chi connectivity index (χ2v) is 5.89. The molecule has 3 aromatic rings. The van der Waals surface area contributed by atoms with Gasteiger partial charge >= 0.3 is 0 Å². The first-order valence-electron chi connectivity index (χ1n) is 7.66. The van der Waals surface area contributed by atoms with E-state index in [0.717, 1.165) is 0 Å². The molecule has 3 heterocycles. The van der Waals surface area contributed by atoms with Crippen LogP contribution in [0.4, 0.5) is 5.82 Å². The van der Waals surface area contributed by atoms with Gasteiger partial charge in [0.25, 0.3) is 0 Å². The second kappa shape index (κ2) is 7.39. The number of halogens is 1. The first-order valence-corrected chi connectivity index (χ1v) is 8.04. The molecule has 0 aliphatic rings. The zero-order valence-electron chi connectivity index (χ0n) is 13.7. The molecule has 0 spiro atoms. The van der Waals surface area contributed by atoms with Gasteiger partial charge in [0.05, 0.1) is 18.5 Å². The van der Waals surface area contributed by atoms with Gasteiger partial charge in [0.15, 0.2) is 17.3 Å². The maximum absolute atomic E-state index is 12.0. The fraction of sp³-hybridized carbons (Fsp3) is 0.333. The summed E-state index contributed by atoms with van der Waals surface area (Å²) in [5.41, 5.74) is 0.590. The number of carbonyl (C=O) groups excluding carboxylic acids is 1. The molecule has 25 heavy (non-hydrogen) atoms. The van der Waals surface area contributed by atoms with E-state index in [-0.39, 0.29) is 23.6 Å². The first-order chi connectivity index (χ1) is 12.0. The summed E-state index contributed by atoms with van der Waals surface area (Å²) in [6.07, 6.45) is 3.37. The number of nitrogens with zero attached hydrogens (tertiary/aromatic N) is 6. The first kappa shape index (κ1) is 17.0. The number of rotatable bonds is 6. The molecule has 1 amide bonds. The Morgan fingerprint density at radius 2 is 2.16 bits per heavy atom. The average Bonchev–Trinajstić information content (AvgIpc) is 2.95. The van der Waals surface area contributed by atoms with Crippen LogP contribution in [0.15, 0.2) is 24.5 Å². The molecule has 0 aromatic carbocycles. The predicted molar refractivity (Wildman–Crippen MR) is 90.5 cm³/mol. The van der Waals surface area contributed by atoms with Gasteiger partial charge in [0.2, 0.25) is 11.8 Å². The summed E-state index contributed by atoms with van der Waals surface area (Å²) in [5.74, 6) is 1.11. The van der Waals surface area contributed by atoms with Gasteiger partial charge in [-0.25, -0.2) is 4.98 Å². The molecule has 9 nitrogen and oxygen atoms in total. The van der Waals surface area contributed by atoms with Crippen molar-refractivity contribution in [2.45, 2.75) is 32.8 Å². The largest absolute Gasteiger partial charge is 0.474 e. The Balaban J connectivity index is 1.67. The number of aromatic nitrogens is 6. The minimum absolute atomic E-state index is 0.00876. The Bertz CT molecular complexity index is 896.